The number of rotatable bonds is 14. The van der Waals surface area contributed by atoms with E-state index in [1.165, 1.54) is 12.1 Å². The van der Waals surface area contributed by atoms with E-state index in [1.54, 1.807) is 48.5 Å². The Balaban J connectivity index is 1.60. The SMILES string of the molecule is NC(=O)C(CNC(=O)C(CCCNC(=O)OCc1ccccc1)NS(=O)(=O)c1ccccc1)c1ccccc1. The van der Waals surface area contributed by atoms with Gasteiger partial charge < -0.3 is 21.1 Å². The largest absolute Gasteiger partial charge is 0.445 e. The molecule has 3 rings (SSSR count). The molecule has 0 aliphatic heterocycles. The lowest BCUT2D eigenvalue weighted by atomic mass is 9.98. The van der Waals surface area contributed by atoms with E-state index in [0.29, 0.717) is 5.56 Å². The highest BCUT2D eigenvalue weighted by atomic mass is 32.2. The average molecular weight is 553 g/mol. The van der Waals surface area contributed by atoms with Crippen molar-refractivity contribution in [3.63, 3.8) is 0 Å². The second-order valence-electron chi connectivity index (χ2n) is 8.73. The zero-order chi connectivity index (χ0) is 28.1. The number of sulfonamides is 1. The van der Waals surface area contributed by atoms with Crippen molar-refractivity contribution in [3.05, 3.63) is 102 Å². The first-order valence-electron chi connectivity index (χ1n) is 12.4. The number of nitrogens with one attached hydrogen (secondary N) is 3. The molecule has 0 aromatic heterocycles. The second kappa shape index (κ2) is 14.6. The lowest BCUT2D eigenvalue weighted by Crippen LogP contribution is -2.48. The number of ether oxygens (including phenoxy) is 1. The summed E-state index contributed by atoms with van der Waals surface area (Å²) in [7, 11) is -4.02. The van der Waals surface area contributed by atoms with Crippen molar-refractivity contribution in [2.75, 3.05) is 13.1 Å². The van der Waals surface area contributed by atoms with Crippen LogP contribution < -0.4 is 21.1 Å². The first-order valence-corrected chi connectivity index (χ1v) is 13.9. The summed E-state index contributed by atoms with van der Waals surface area (Å²) in [4.78, 5) is 37.1. The Labute approximate surface area is 228 Å². The summed E-state index contributed by atoms with van der Waals surface area (Å²) in [6, 6.07) is 24.4. The Morgan fingerprint density at radius 2 is 1.41 bits per heavy atom. The minimum atomic E-state index is -4.02. The minimum absolute atomic E-state index is 0.00436. The second-order valence-corrected chi connectivity index (χ2v) is 10.4. The number of primary amides is 1. The van der Waals surface area contributed by atoms with Gasteiger partial charge in [0.2, 0.25) is 21.8 Å². The molecule has 0 saturated carbocycles. The van der Waals surface area contributed by atoms with Crippen LogP contribution in [-0.4, -0.2) is 45.5 Å². The third-order valence-electron chi connectivity index (χ3n) is 5.84. The Hall–Kier alpha value is -4.22. The molecule has 39 heavy (non-hydrogen) atoms. The normalized spacial score (nSPS) is 12.6. The Kier molecular flexibility index (Phi) is 11.0. The summed E-state index contributed by atoms with van der Waals surface area (Å²) in [5, 5.41) is 5.24. The summed E-state index contributed by atoms with van der Waals surface area (Å²) in [5.41, 5.74) is 7.01. The third-order valence-corrected chi connectivity index (χ3v) is 7.33. The predicted molar refractivity (Wildman–Crippen MR) is 146 cm³/mol. The van der Waals surface area contributed by atoms with E-state index < -0.39 is 39.9 Å². The maximum atomic E-state index is 13.1. The first-order chi connectivity index (χ1) is 18.8. The van der Waals surface area contributed by atoms with Crippen LogP contribution in [0.3, 0.4) is 0 Å². The molecule has 0 aliphatic rings. The zero-order valence-electron chi connectivity index (χ0n) is 21.3. The number of benzene rings is 3. The monoisotopic (exact) mass is 552 g/mol. The zero-order valence-corrected chi connectivity index (χ0v) is 22.1. The Morgan fingerprint density at radius 3 is 2.03 bits per heavy atom. The molecule has 2 atom stereocenters. The lowest BCUT2D eigenvalue weighted by Gasteiger charge is -2.21. The van der Waals surface area contributed by atoms with E-state index in [9.17, 15) is 22.8 Å². The van der Waals surface area contributed by atoms with Crippen molar-refractivity contribution in [2.45, 2.75) is 36.3 Å². The summed E-state index contributed by atoms with van der Waals surface area (Å²) in [6.07, 6.45) is -0.283. The number of hydrogen-bond acceptors (Lipinski definition) is 6. The fourth-order valence-electron chi connectivity index (χ4n) is 3.76. The van der Waals surface area contributed by atoms with Crippen LogP contribution in [0.1, 0.15) is 29.9 Å². The van der Waals surface area contributed by atoms with Gasteiger partial charge in [-0.3, -0.25) is 9.59 Å². The molecule has 11 heteroatoms. The van der Waals surface area contributed by atoms with Gasteiger partial charge in [-0.05, 0) is 36.1 Å². The Morgan fingerprint density at radius 1 is 0.821 bits per heavy atom. The van der Waals surface area contributed by atoms with Crippen LogP contribution in [0.25, 0.3) is 0 Å². The maximum Gasteiger partial charge on any atom is 0.407 e. The van der Waals surface area contributed by atoms with Crippen LogP contribution in [0, 0.1) is 0 Å². The van der Waals surface area contributed by atoms with Gasteiger partial charge in [0, 0.05) is 13.1 Å². The number of amides is 3. The van der Waals surface area contributed by atoms with Crippen LogP contribution in [0.4, 0.5) is 4.79 Å². The molecule has 0 fully saturated rings. The molecule has 0 bridgehead atoms. The number of carbonyl (C=O) groups excluding carboxylic acids is 3. The average Bonchev–Trinajstić information content (AvgIpc) is 2.95. The van der Waals surface area contributed by atoms with Crippen LogP contribution >= 0.6 is 0 Å². The lowest BCUT2D eigenvalue weighted by molar-refractivity contribution is -0.123. The smallest absolute Gasteiger partial charge is 0.407 e. The van der Waals surface area contributed by atoms with E-state index >= 15 is 0 Å². The van der Waals surface area contributed by atoms with Crippen LogP contribution in [-0.2, 0) is 31.0 Å². The van der Waals surface area contributed by atoms with E-state index in [2.05, 4.69) is 15.4 Å². The first kappa shape index (κ1) is 29.3. The molecule has 10 nitrogen and oxygen atoms in total. The number of nitrogens with two attached hydrogens (primary N) is 1. The molecule has 0 heterocycles. The van der Waals surface area contributed by atoms with Gasteiger partial charge >= 0.3 is 6.09 Å². The standard InChI is InChI=1S/C28H32N4O6S/c29-26(33)24(22-13-6-2-7-14-22)19-31-27(34)25(32-39(36,37)23-15-8-3-9-16-23)17-10-18-30-28(35)38-20-21-11-4-1-5-12-21/h1-9,11-16,24-25,32H,10,17-20H2,(H2,29,33)(H,30,35)(H,31,34). The molecule has 3 aromatic rings. The van der Waals surface area contributed by atoms with Gasteiger partial charge in [0.15, 0.2) is 0 Å². The van der Waals surface area contributed by atoms with Crippen LogP contribution in [0.2, 0.25) is 0 Å². The van der Waals surface area contributed by atoms with Crippen molar-refractivity contribution in [1.82, 2.24) is 15.4 Å². The topological polar surface area (TPSA) is 157 Å². The van der Waals surface area contributed by atoms with E-state index in [-0.39, 0.29) is 37.4 Å². The summed E-state index contributed by atoms with van der Waals surface area (Å²) in [5.74, 6) is -2.04. The molecule has 0 saturated heterocycles. The highest BCUT2D eigenvalue weighted by Crippen LogP contribution is 2.15. The molecule has 2 unspecified atom stereocenters. The number of alkyl carbamates (subject to hydrolysis) is 1. The van der Waals surface area contributed by atoms with E-state index in [0.717, 1.165) is 5.56 Å². The quantitative estimate of drug-likeness (QED) is 0.225. The summed E-state index contributed by atoms with van der Waals surface area (Å²) in [6.45, 7) is 0.154. The van der Waals surface area contributed by atoms with Gasteiger partial charge in [-0.1, -0.05) is 78.9 Å². The summed E-state index contributed by atoms with van der Waals surface area (Å²) >= 11 is 0. The van der Waals surface area contributed by atoms with Crippen molar-refractivity contribution in [1.29, 1.82) is 0 Å². The van der Waals surface area contributed by atoms with E-state index in [4.69, 9.17) is 10.5 Å². The van der Waals surface area contributed by atoms with Gasteiger partial charge in [0.05, 0.1) is 10.8 Å². The van der Waals surface area contributed by atoms with Gasteiger partial charge in [0.25, 0.3) is 0 Å². The van der Waals surface area contributed by atoms with Crippen LogP contribution in [0.15, 0.2) is 95.9 Å². The van der Waals surface area contributed by atoms with Crippen molar-refractivity contribution in [2.24, 2.45) is 5.73 Å². The molecule has 0 spiro atoms. The van der Waals surface area contributed by atoms with Crippen LogP contribution in [0.5, 0.6) is 0 Å². The number of hydrogen-bond donors (Lipinski definition) is 4. The van der Waals surface area contributed by atoms with Crippen molar-refractivity contribution in [3.8, 4) is 0 Å². The van der Waals surface area contributed by atoms with Gasteiger partial charge in [0.1, 0.15) is 12.6 Å². The van der Waals surface area contributed by atoms with Crippen molar-refractivity contribution >= 4 is 27.9 Å². The van der Waals surface area contributed by atoms with Gasteiger partial charge in [-0.15, -0.1) is 0 Å². The molecule has 0 aliphatic carbocycles. The molecular weight excluding hydrogens is 520 g/mol. The van der Waals surface area contributed by atoms with E-state index in [1.807, 2.05) is 30.3 Å². The fraction of sp³-hybridized carbons (Fsp3) is 0.250. The maximum absolute atomic E-state index is 13.1. The minimum Gasteiger partial charge on any atom is -0.445 e. The molecule has 206 valence electrons. The van der Waals surface area contributed by atoms with Crippen molar-refractivity contribution < 1.29 is 27.5 Å². The molecule has 5 N–H and O–H groups in total. The molecular formula is C28H32N4O6S. The molecule has 0 radical (unpaired) electrons. The highest BCUT2D eigenvalue weighted by molar-refractivity contribution is 7.89. The summed E-state index contributed by atoms with van der Waals surface area (Å²) < 4.78 is 33.4. The molecule has 3 aromatic carbocycles. The third kappa shape index (κ3) is 9.55. The van der Waals surface area contributed by atoms with Gasteiger partial charge in [-0.2, -0.15) is 4.72 Å². The predicted octanol–water partition coefficient (Wildman–Crippen LogP) is 2.43. The molecule has 3 amide bonds. The van der Waals surface area contributed by atoms with Gasteiger partial charge in [-0.25, -0.2) is 13.2 Å². The number of carbonyl (C=O) groups is 3. The highest BCUT2D eigenvalue weighted by Gasteiger charge is 2.27. The fourth-order valence-corrected chi connectivity index (χ4v) is 5.01. The Bertz CT molecular complexity index is 1320.